The number of amides is 1. The van der Waals surface area contributed by atoms with Gasteiger partial charge in [0.1, 0.15) is 0 Å². The van der Waals surface area contributed by atoms with Gasteiger partial charge in [-0.3, -0.25) is 4.79 Å². The molecule has 0 radical (unpaired) electrons. The number of carbonyl (C=O) groups is 1. The molecule has 0 spiro atoms. The van der Waals surface area contributed by atoms with Crippen LogP contribution in [0.4, 0.5) is 5.13 Å². The molecule has 0 aliphatic carbocycles. The molecule has 0 aliphatic heterocycles. The molecule has 1 aromatic heterocycles. The van der Waals surface area contributed by atoms with E-state index in [1.54, 1.807) is 20.8 Å². The van der Waals surface area contributed by atoms with Crippen LogP contribution in [0, 0.1) is 5.41 Å². The summed E-state index contributed by atoms with van der Waals surface area (Å²) in [5.74, 6) is -0.236. The maximum atomic E-state index is 11.6. The molecule has 0 saturated carbocycles. The summed E-state index contributed by atoms with van der Waals surface area (Å²) in [6, 6.07) is 0. The number of nitrogens with zero attached hydrogens (tertiary/aromatic N) is 1. The summed E-state index contributed by atoms with van der Waals surface area (Å²) in [5.41, 5.74) is -0.564. The molecule has 1 rings (SSSR count). The molecule has 1 aromatic rings. The maximum absolute atomic E-state index is 11.6. The molecule has 0 aromatic carbocycles. The van der Waals surface area contributed by atoms with Gasteiger partial charge in [-0.05, 0) is 0 Å². The first kappa shape index (κ1) is 13.4. The van der Waals surface area contributed by atoms with Crippen LogP contribution >= 0.6 is 22.0 Å². The van der Waals surface area contributed by atoms with Crippen molar-refractivity contribution in [2.75, 3.05) is 5.32 Å². The van der Waals surface area contributed by atoms with E-state index >= 15 is 0 Å². The van der Waals surface area contributed by atoms with Crippen molar-refractivity contribution in [1.29, 1.82) is 0 Å². The number of rotatable bonds is 2. The second-order valence-corrected chi connectivity index (χ2v) is 7.95. The van der Waals surface area contributed by atoms with Gasteiger partial charge in [-0.1, -0.05) is 32.1 Å². The van der Waals surface area contributed by atoms with Gasteiger partial charge >= 0.3 is 0 Å². The van der Waals surface area contributed by atoms with E-state index in [1.807, 2.05) is 0 Å². The lowest BCUT2D eigenvalue weighted by Crippen LogP contribution is -2.27. The fourth-order valence-electron chi connectivity index (χ4n) is 0.714. The number of anilines is 1. The average molecular weight is 283 g/mol. The molecule has 0 unspecified atom stereocenters. The Morgan fingerprint density at radius 2 is 2.06 bits per heavy atom. The Bertz CT molecular complexity index is 502. The summed E-state index contributed by atoms with van der Waals surface area (Å²) in [6.45, 7) is 5.24. The van der Waals surface area contributed by atoms with Crippen LogP contribution in [-0.2, 0) is 13.8 Å². The van der Waals surface area contributed by atoms with Gasteiger partial charge in [-0.15, -0.1) is 0 Å². The summed E-state index contributed by atoms with van der Waals surface area (Å²) in [6.07, 6.45) is 1.12. The van der Waals surface area contributed by atoms with Gasteiger partial charge in [0.05, 0.1) is 6.20 Å². The molecule has 90 valence electrons. The van der Waals surface area contributed by atoms with Crippen LogP contribution in [0.15, 0.2) is 10.4 Å². The quantitative estimate of drug-likeness (QED) is 0.843. The highest BCUT2D eigenvalue weighted by molar-refractivity contribution is 8.15. The molecule has 0 bridgehead atoms. The minimum Gasteiger partial charge on any atom is -0.301 e. The first-order valence-corrected chi connectivity index (χ1v) is 7.45. The van der Waals surface area contributed by atoms with Gasteiger partial charge < -0.3 is 5.32 Å². The molecular formula is C8H11ClN2O3S2. The van der Waals surface area contributed by atoms with E-state index in [1.165, 1.54) is 0 Å². The molecule has 0 atom stereocenters. The van der Waals surface area contributed by atoms with Gasteiger partial charge in [0.15, 0.2) is 9.34 Å². The minimum atomic E-state index is -3.78. The van der Waals surface area contributed by atoms with E-state index in [4.69, 9.17) is 10.7 Å². The highest BCUT2D eigenvalue weighted by Gasteiger charge is 2.23. The third-order valence-electron chi connectivity index (χ3n) is 1.63. The Hall–Kier alpha value is -0.660. The van der Waals surface area contributed by atoms with Crippen LogP contribution in [0.2, 0.25) is 0 Å². The van der Waals surface area contributed by atoms with Crippen molar-refractivity contribution in [3.63, 3.8) is 0 Å². The van der Waals surface area contributed by atoms with E-state index in [2.05, 4.69) is 10.3 Å². The molecule has 8 heteroatoms. The molecule has 1 amide bonds. The van der Waals surface area contributed by atoms with Gasteiger partial charge in [-0.2, -0.15) is 0 Å². The largest absolute Gasteiger partial charge is 0.301 e. The van der Waals surface area contributed by atoms with Crippen LogP contribution in [0.3, 0.4) is 0 Å². The topological polar surface area (TPSA) is 76.1 Å². The second kappa shape index (κ2) is 4.31. The van der Waals surface area contributed by atoms with E-state index in [0.29, 0.717) is 0 Å². The van der Waals surface area contributed by atoms with Gasteiger partial charge in [0.2, 0.25) is 5.91 Å². The SMILES string of the molecule is CC(C)(C)C(=O)Nc1ncc(S(=O)(=O)Cl)s1. The summed E-state index contributed by atoms with van der Waals surface area (Å²) >= 11 is 0.821. The maximum Gasteiger partial charge on any atom is 0.272 e. The Labute approximate surface area is 102 Å². The first-order chi connectivity index (χ1) is 7.10. The zero-order chi connectivity index (χ0) is 12.6. The lowest BCUT2D eigenvalue weighted by Gasteiger charge is -2.15. The minimum absolute atomic E-state index is 0.0848. The first-order valence-electron chi connectivity index (χ1n) is 4.32. The van der Waals surface area contributed by atoms with E-state index in [9.17, 15) is 13.2 Å². The fraction of sp³-hybridized carbons (Fsp3) is 0.500. The molecule has 1 heterocycles. The van der Waals surface area contributed by atoms with Crippen molar-refractivity contribution in [2.24, 2.45) is 5.41 Å². The standard InChI is InChI=1S/C8H11ClN2O3S2/c1-8(2,3)6(12)11-7-10-4-5(15-7)16(9,13)14/h4H,1-3H3,(H,10,11,12). The van der Waals surface area contributed by atoms with Crippen molar-refractivity contribution in [3.05, 3.63) is 6.20 Å². The summed E-state index contributed by atoms with van der Waals surface area (Å²) in [4.78, 5) is 15.3. The molecule has 16 heavy (non-hydrogen) atoms. The zero-order valence-electron chi connectivity index (χ0n) is 8.94. The number of aromatic nitrogens is 1. The smallest absolute Gasteiger partial charge is 0.272 e. The summed E-state index contributed by atoms with van der Waals surface area (Å²) < 4.78 is 21.8. The van der Waals surface area contributed by atoms with Crippen LogP contribution in [-0.4, -0.2) is 19.3 Å². The van der Waals surface area contributed by atoms with Gasteiger partial charge in [0.25, 0.3) is 9.05 Å². The van der Waals surface area contributed by atoms with Crippen molar-refractivity contribution >= 4 is 42.1 Å². The van der Waals surface area contributed by atoms with Gasteiger partial charge in [0, 0.05) is 16.1 Å². The summed E-state index contributed by atoms with van der Waals surface area (Å²) in [5, 5.41) is 2.74. The highest BCUT2D eigenvalue weighted by Crippen LogP contribution is 2.27. The van der Waals surface area contributed by atoms with Crippen molar-refractivity contribution in [1.82, 2.24) is 4.98 Å². The van der Waals surface area contributed by atoms with E-state index in [0.717, 1.165) is 17.5 Å². The Kier molecular flexibility index (Phi) is 3.61. The number of halogens is 1. The second-order valence-electron chi connectivity index (χ2n) is 4.13. The van der Waals surface area contributed by atoms with Crippen LogP contribution in [0.1, 0.15) is 20.8 Å². The van der Waals surface area contributed by atoms with Crippen LogP contribution in [0.5, 0.6) is 0 Å². The third kappa shape index (κ3) is 3.43. The van der Waals surface area contributed by atoms with Gasteiger partial charge in [-0.25, -0.2) is 13.4 Å². The third-order valence-corrected chi connectivity index (χ3v) is 4.60. The Morgan fingerprint density at radius 3 is 2.44 bits per heavy atom. The zero-order valence-corrected chi connectivity index (χ0v) is 11.3. The normalized spacial score (nSPS) is 12.5. The monoisotopic (exact) mass is 282 g/mol. The van der Waals surface area contributed by atoms with Crippen molar-refractivity contribution in [3.8, 4) is 0 Å². The Balaban J connectivity index is 2.86. The molecule has 0 aliphatic rings. The van der Waals surface area contributed by atoms with E-state index < -0.39 is 14.5 Å². The van der Waals surface area contributed by atoms with E-state index in [-0.39, 0.29) is 15.2 Å². The molecule has 0 fully saturated rings. The Morgan fingerprint density at radius 1 is 1.50 bits per heavy atom. The van der Waals surface area contributed by atoms with Crippen molar-refractivity contribution in [2.45, 2.75) is 25.0 Å². The fourth-order valence-corrected chi connectivity index (χ4v) is 2.48. The molecular weight excluding hydrogens is 272 g/mol. The number of hydrogen-bond donors (Lipinski definition) is 1. The average Bonchev–Trinajstić information content (AvgIpc) is 2.49. The number of thiazole rings is 1. The summed E-state index contributed by atoms with van der Waals surface area (Å²) in [7, 11) is 1.35. The number of carbonyl (C=O) groups excluding carboxylic acids is 1. The number of hydrogen-bond acceptors (Lipinski definition) is 5. The van der Waals surface area contributed by atoms with Crippen molar-refractivity contribution < 1.29 is 13.2 Å². The van der Waals surface area contributed by atoms with Crippen LogP contribution < -0.4 is 5.32 Å². The predicted molar refractivity (Wildman–Crippen MR) is 63.2 cm³/mol. The van der Waals surface area contributed by atoms with Crippen LogP contribution in [0.25, 0.3) is 0 Å². The highest BCUT2D eigenvalue weighted by atomic mass is 35.7. The predicted octanol–water partition coefficient (Wildman–Crippen LogP) is 2.06. The number of nitrogens with one attached hydrogen (secondary N) is 1. The lowest BCUT2D eigenvalue weighted by atomic mass is 9.96. The molecule has 5 nitrogen and oxygen atoms in total. The molecule has 0 saturated heterocycles. The lowest BCUT2D eigenvalue weighted by molar-refractivity contribution is -0.123. The molecule has 1 N–H and O–H groups in total.